The van der Waals surface area contributed by atoms with Crippen LogP contribution in [0.5, 0.6) is 5.75 Å². The minimum Gasteiger partial charge on any atom is -0.497 e. The van der Waals surface area contributed by atoms with Gasteiger partial charge in [-0.25, -0.2) is 0 Å². The second-order valence-corrected chi connectivity index (χ2v) is 7.53. The lowest BCUT2D eigenvalue weighted by Crippen LogP contribution is -2.18. The fourth-order valence-corrected chi connectivity index (χ4v) is 3.18. The predicted molar refractivity (Wildman–Crippen MR) is 123 cm³/mol. The van der Waals surface area contributed by atoms with Crippen LogP contribution in [0.15, 0.2) is 72.8 Å². The van der Waals surface area contributed by atoms with Crippen LogP contribution in [0, 0.1) is 5.92 Å². The molecule has 0 radical (unpaired) electrons. The van der Waals surface area contributed by atoms with Crippen LogP contribution in [0.2, 0.25) is 0 Å². The molecule has 0 heterocycles. The molecule has 0 unspecified atom stereocenters. The largest absolute Gasteiger partial charge is 0.497 e. The molecule has 3 aromatic carbocycles. The van der Waals surface area contributed by atoms with Crippen molar-refractivity contribution in [1.82, 2.24) is 0 Å². The molecule has 1 fully saturated rings. The second kappa shape index (κ2) is 9.34. The molecule has 4 rings (SSSR count). The Bertz CT molecular complexity index is 1150. The summed E-state index contributed by atoms with van der Waals surface area (Å²) >= 11 is 0. The van der Waals surface area contributed by atoms with Crippen LogP contribution in [0.4, 0.5) is 17.1 Å². The van der Waals surface area contributed by atoms with Gasteiger partial charge in [0.2, 0.25) is 5.91 Å². The van der Waals surface area contributed by atoms with E-state index in [9.17, 15) is 14.4 Å². The number of benzene rings is 3. The predicted octanol–water partition coefficient (Wildman–Crippen LogP) is 4.55. The zero-order chi connectivity index (χ0) is 22.5. The molecule has 162 valence electrons. The van der Waals surface area contributed by atoms with Crippen molar-refractivity contribution in [3.8, 4) is 5.75 Å². The fourth-order valence-electron chi connectivity index (χ4n) is 3.18. The quantitative estimate of drug-likeness (QED) is 0.513. The van der Waals surface area contributed by atoms with Crippen molar-refractivity contribution in [2.75, 3.05) is 23.1 Å². The minimum absolute atomic E-state index is 0.0122. The van der Waals surface area contributed by atoms with E-state index in [1.54, 1.807) is 79.9 Å². The molecule has 0 aliphatic heterocycles. The highest BCUT2D eigenvalue weighted by Gasteiger charge is 2.29. The van der Waals surface area contributed by atoms with Crippen molar-refractivity contribution in [2.24, 2.45) is 5.92 Å². The van der Waals surface area contributed by atoms with E-state index in [1.165, 1.54) is 0 Å². The van der Waals surface area contributed by atoms with Crippen LogP contribution in [-0.4, -0.2) is 24.8 Å². The first-order valence-electron chi connectivity index (χ1n) is 10.3. The molecular formula is C25H23N3O4. The summed E-state index contributed by atoms with van der Waals surface area (Å²) in [5, 5.41) is 8.45. The molecule has 0 saturated heterocycles. The summed E-state index contributed by atoms with van der Waals surface area (Å²) in [5.74, 6) is 0.0379. The number of hydrogen-bond donors (Lipinski definition) is 3. The SMILES string of the molecule is COc1cccc(NC(=O)c2ccccc2NC(=O)c2ccc(NC(=O)C3CC3)cc2)c1. The van der Waals surface area contributed by atoms with Gasteiger partial charge in [0, 0.05) is 28.9 Å². The van der Waals surface area contributed by atoms with Gasteiger partial charge in [0.1, 0.15) is 5.75 Å². The summed E-state index contributed by atoms with van der Waals surface area (Å²) in [6.45, 7) is 0. The Kier molecular flexibility index (Phi) is 6.17. The number of ether oxygens (including phenoxy) is 1. The zero-order valence-electron chi connectivity index (χ0n) is 17.6. The highest BCUT2D eigenvalue weighted by molar-refractivity contribution is 6.12. The molecule has 3 amide bonds. The van der Waals surface area contributed by atoms with Crippen LogP contribution in [0.25, 0.3) is 0 Å². The van der Waals surface area contributed by atoms with Gasteiger partial charge in [0.25, 0.3) is 11.8 Å². The first kappa shape index (κ1) is 21.1. The zero-order valence-corrected chi connectivity index (χ0v) is 17.6. The topological polar surface area (TPSA) is 96.5 Å². The maximum absolute atomic E-state index is 12.8. The number of carbonyl (C=O) groups is 3. The van der Waals surface area contributed by atoms with Gasteiger partial charge < -0.3 is 20.7 Å². The number of anilines is 3. The van der Waals surface area contributed by atoms with Gasteiger partial charge in [0.15, 0.2) is 0 Å². The summed E-state index contributed by atoms with van der Waals surface area (Å²) in [7, 11) is 1.55. The molecule has 7 nitrogen and oxygen atoms in total. The molecule has 3 N–H and O–H groups in total. The molecule has 3 aromatic rings. The third-order valence-corrected chi connectivity index (χ3v) is 5.11. The van der Waals surface area contributed by atoms with Gasteiger partial charge in [-0.2, -0.15) is 0 Å². The van der Waals surface area contributed by atoms with Crippen molar-refractivity contribution < 1.29 is 19.1 Å². The first-order chi connectivity index (χ1) is 15.5. The van der Waals surface area contributed by atoms with E-state index in [2.05, 4.69) is 16.0 Å². The third-order valence-electron chi connectivity index (χ3n) is 5.11. The van der Waals surface area contributed by atoms with E-state index in [0.29, 0.717) is 33.9 Å². The lowest BCUT2D eigenvalue weighted by atomic mass is 10.1. The molecular weight excluding hydrogens is 406 g/mol. The standard InChI is InChI=1S/C25H23N3O4/c1-32-20-6-4-5-19(15-20)27-25(31)21-7-2-3-8-22(21)28-24(30)17-11-13-18(14-12-17)26-23(29)16-9-10-16/h2-8,11-16H,9-10H2,1H3,(H,26,29)(H,27,31)(H,28,30). The van der Waals surface area contributed by atoms with Crippen molar-refractivity contribution in [3.05, 3.63) is 83.9 Å². The highest BCUT2D eigenvalue weighted by Crippen LogP contribution is 2.30. The van der Waals surface area contributed by atoms with Crippen LogP contribution < -0.4 is 20.7 Å². The Labute approximate surface area is 185 Å². The number of carbonyl (C=O) groups excluding carboxylic acids is 3. The average Bonchev–Trinajstić information content (AvgIpc) is 3.65. The fraction of sp³-hybridized carbons (Fsp3) is 0.160. The van der Waals surface area contributed by atoms with Crippen LogP contribution >= 0.6 is 0 Å². The molecule has 0 atom stereocenters. The smallest absolute Gasteiger partial charge is 0.257 e. The highest BCUT2D eigenvalue weighted by atomic mass is 16.5. The maximum atomic E-state index is 12.8. The number of rotatable bonds is 7. The monoisotopic (exact) mass is 429 g/mol. The number of methoxy groups -OCH3 is 1. The normalized spacial score (nSPS) is 12.5. The number of hydrogen-bond acceptors (Lipinski definition) is 4. The maximum Gasteiger partial charge on any atom is 0.257 e. The van der Waals surface area contributed by atoms with E-state index < -0.39 is 0 Å². The van der Waals surface area contributed by atoms with Gasteiger partial charge in [-0.15, -0.1) is 0 Å². The lowest BCUT2D eigenvalue weighted by molar-refractivity contribution is -0.117. The third kappa shape index (κ3) is 5.13. The molecule has 0 bridgehead atoms. The Morgan fingerprint density at radius 1 is 0.781 bits per heavy atom. The number of nitrogens with one attached hydrogen (secondary N) is 3. The minimum atomic E-state index is -0.355. The molecule has 0 spiro atoms. The van der Waals surface area contributed by atoms with Crippen molar-refractivity contribution in [2.45, 2.75) is 12.8 Å². The van der Waals surface area contributed by atoms with Crippen molar-refractivity contribution >= 4 is 34.8 Å². The van der Waals surface area contributed by atoms with Crippen LogP contribution in [0.3, 0.4) is 0 Å². The molecule has 32 heavy (non-hydrogen) atoms. The molecule has 1 saturated carbocycles. The number of amides is 3. The summed E-state index contributed by atoms with van der Waals surface area (Å²) in [4.78, 5) is 37.4. The van der Waals surface area contributed by atoms with Crippen molar-refractivity contribution in [3.63, 3.8) is 0 Å². The average molecular weight is 429 g/mol. The van der Waals surface area contributed by atoms with Crippen LogP contribution in [-0.2, 0) is 4.79 Å². The molecule has 0 aromatic heterocycles. The summed E-state index contributed by atoms with van der Waals surface area (Å²) in [6, 6.07) is 20.5. The van der Waals surface area contributed by atoms with Gasteiger partial charge in [-0.3, -0.25) is 14.4 Å². The van der Waals surface area contributed by atoms with E-state index in [1.807, 2.05) is 0 Å². The van der Waals surface area contributed by atoms with E-state index >= 15 is 0 Å². The summed E-state index contributed by atoms with van der Waals surface area (Å²) in [6.07, 6.45) is 1.86. The van der Waals surface area contributed by atoms with Gasteiger partial charge >= 0.3 is 0 Å². The van der Waals surface area contributed by atoms with Gasteiger partial charge in [0.05, 0.1) is 18.4 Å². The van der Waals surface area contributed by atoms with Crippen LogP contribution in [0.1, 0.15) is 33.6 Å². The first-order valence-corrected chi connectivity index (χ1v) is 10.3. The second-order valence-electron chi connectivity index (χ2n) is 7.53. The Balaban J connectivity index is 1.44. The Hall–Kier alpha value is -4.13. The van der Waals surface area contributed by atoms with Crippen molar-refractivity contribution in [1.29, 1.82) is 0 Å². The molecule has 7 heteroatoms. The number of para-hydroxylation sites is 1. The van der Waals surface area contributed by atoms with Gasteiger partial charge in [-0.1, -0.05) is 18.2 Å². The van der Waals surface area contributed by atoms with E-state index in [-0.39, 0.29) is 23.6 Å². The molecule has 1 aliphatic carbocycles. The van der Waals surface area contributed by atoms with Gasteiger partial charge in [-0.05, 0) is 61.4 Å². The van der Waals surface area contributed by atoms with E-state index in [4.69, 9.17) is 4.74 Å². The summed E-state index contributed by atoms with van der Waals surface area (Å²) < 4.78 is 5.18. The summed E-state index contributed by atoms with van der Waals surface area (Å²) in [5.41, 5.74) is 2.37. The van der Waals surface area contributed by atoms with E-state index in [0.717, 1.165) is 12.8 Å². The lowest BCUT2D eigenvalue weighted by Gasteiger charge is -2.12. The Morgan fingerprint density at radius 3 is 2.25 bits per heavy atom. The Morgan fingerprint density at radius 2 is 1.53 bits per heavy atom. The molecule has 1 aliphatic rings.